The normalized spacial score (nSPS) is 10.3. The number of amides is 2. The van der Waals surface area contributed by atoms with Gasteiger partial charge in [-0.1, -0.05) is 59.3 Å². The summed E-state index contributed by atoms with van der Waals surface area (Å²) < 4.78 is 0. The largest absolute Gasteiger partial charge is 0.272 e. The predicted molar refractivity (Wildman–Crippen MR) is 128 cm³/mol. The highest BCUT2D eigenvalue weighted by molar-refractivity contribution is 6.39. The van der Waals surface area contributed by atoms with Gasteiger partial charge in [-0.15, -0.1) is 0 Å². The number of carbonyl (C=O) groups is 2. The molecule has 0 radical (unpaired) electrons. The average molecular weight is 475 g/mol. The minimum absolute atomic E-state index is 0.0214. The number of nitrogens with zero attached hydrogens (tertiary/aromatic N) is 2. The van der Waals surface area contributed by atoms with Gasteiger partial charge in [-0.05, 0) is 36.8 Å². The lowest BCUT2D eigenvalue weighted by Crippen LogP contribution is -2.41. The number of para-hydroxylation sites is 1. The topological polar surface area (TPSA) is 84.0 Å². The maximum absolute atomic E-state index is 12.6. The maximum atomic E-state index is 12.6. The SMILES string of the molecule is Cc1ccc(C(=O)NNC(=O)c2c(Cl)cncc2Cl)cc1C#Cc1cnc2ccccc2c1. The van der Waals surface area contributed by atoms with E-state index in [2.05, 4.69) is 32.7 Å². The van der Waals surface area contributed by atoms with Crippen LogP contribution in [-0.2, 0) is 0 Å². The molecule has 0 aliphatic rings. The number of hydrogen-bond donors (Lipinski definition) is 2. The van der Waals surface area contributed by atoms with Crippen LogP contribution in [0.1, 0.15) is 37.4 Å². The standard InChI is InChI=1S/C25H16Cl2N4O2/c1-15-6-8-19(24(32)30-31-25(33)23-20(26)13-28-14-21(23)27)11-17(15)9-7-16-10-18-4-2-3-5-22(18)29-12-16/h2-6,8,10-14H,1H3,(H,30,32)(H,31,33). The van der Waals surface area contributed by atoms with Gasteiger partial charge < -0.3 is 0 Å². The van der Waals surface area contributed by atoms with Crippen molar-refractivity contribution >= 4 is 45.9 Å². The summed E-state index contributed by atoms with van der Waals surface area (Å²) in [7, 11) is 0. The van der Waals surface area contributed by atoms with E-state index in [1.165, 1.54) is 12.4 Å². The maximum Gasteiger partial charge on any atom is 0.272 e. The van der Waals surface area contributed by atoms with Crippen LogP contribution in [0.25, 0.3) is 10.9 Å². The van der Waals surface area contributed by atoms with E-state index in [0.29, 0.717) is 11.1 Å². The van der Waals surface area contributed by atoms with Crippen LogP contribution >= 0.6 is 23.2 Å². The Morgan fingerprint density at radius 1 is 0.879 bits per heavy atom. The quantitative estimate of drug-likeness (QED) is 0.325. The number of rotatable bonds is 2. The van der Waals surface area contributed by atoms with Crippen molar-refractivity contribution in [3.63, 3.8) is 0 Å². The molecule has 4 aromatic rings. The summed E-state index contributed by atoms with van der Waals surface area (Å²) in [4.78, 5) is 33.1. The van der Waals surface area contributed by atoms with Crippen LogP contribution in [0.3, 0.4) is 0 Å². The predicted octanol–water partition coefficient (Wildman–Crippen LogP) is 4.72. The zero-order valence-electron chi connectivity index (χ0n) is 17.3. The van der Waals surface area contributed by atoms with Gasteiger partial charge in [0.25, 0.3) is 11.8 Å². The number of aromatic nitrogens is 2. The van der Waals surface area contributed by atoms with Gasteiger partial charge in [0.15, 0.2) is 0 Å². The van der Waals surface area contributed by atoms with Crippen molar-refractivity contribution in [1.29, 1.82) is 0 Å². The first-order valence-electron chi connectivity index (χ1n) is 9.79. The van der Waals surface area contributed by atoms with Crippen LogP contribution in [0.4, 0.5) is 0 Å². The van der Waals surface area contributed by atoms with E-state index in [1.54, 1.807) is 24.4 Å². The number of benzene rings is 2. The summed E-state index contributed by atoms with van der Waals surface area (Å²) in [5.74, 6) is 5.02. The fourth-order valence-corrected chi connectivity index (χ4v) is 3.59. The molecule has 0 saturated heterocycles. The molecule has 2 heterocycles. The molecule has 0 atom stereocenters. The van der Waals surface area contributed by atoms with Crippen LogP contribution in [0.15, 0.2) is 67.1 Å². The molecule has 0 bridgehead atoms. The second-order valence-corrected chi connectivity index (χ2v) is 7.90. The number of hydrogen-bond acceptors (Lipinski definition) is 4. The number of halogens is 2. The summed E-state index contributed by atoms with van der Waals surface area (Å²) in [5, 5.41) is 1.15. The van der Waals surface area contributed by atoms with Gasteiger partial charge in [-0.3, -0.25) is 30.4 Å². The first-order chi connectivity index (χ1) is 15.9. The summed E-state index contributed by atoms with van der Waals surface area (Å²) in [6.45, 7) is 1.90. The van der Waals surface area contributed by atoms with Gasteiger partial charge >= 0.3 is 0 Å². The molecular weight excluding hydrogens is 459 g/mol. The molecule has 33 heavy (non-hydrogen) atoms. The van der Waals surface area contributed by atoms with Crippen molar-refractivity contribution in [2.75, 3.05) is 0 Å². The second kappa shape index (κ2) is 9.70. The lowest BCUT2D eigenvalue weighted by atomic mass is 10.0. The summed E-state index contributed by atoms with van der Waals surface area (Å²) >= 11 is 11.9. The number of aryl methyl sites for hydroxylation is 1. The van der Waals surface area contributed by atoms with Gasteiger partial charge in [-0.25, -0.2) is 0 Å². The molecule has 2 amide bonds. The Morgan fingerprint density at radius 2 is 1.61 bits per heavy atom. The Labute approximate surface area is 199 Å². The van der Waals surface area contributed by atoms with Crippen LogP contribution < -0.4 is 10.9 Å². The minimum atomic E-state index is -0.656. The summed E-state index contributed by atoms with van der Waals surface area (Å²) in [6.07, 6.45) is 4.30. The highest BCUT2D eigenvalue weighted by Gasteiger charge is 2.16. The number of nitrogens with one attached hydrogen (secondary N) is 2. The third-order valence-electron chi connectivity index (χ3n) is 4.80. The van der Waals surface area contributed by atoms with Crippen LogP contribution in [0.2, 0.25) is 10.0 Å². The molecule has 162 valence electrons. The van der Waals surface area contributed by atoms with Crippen molar-refractivity contribution in [1.82, 2.24) is 20.8 Å². The Hall–Kier alpha value is -3.92. The Bertz CT molecular complexity index is 1440. The molecule has 4 rings (SSSR count). The van der Waals surface area contributed by atoms with Crippen LogP contribution in [-0.4, -0.2) is 21.8 Å². The van der Waals surface area contributed by atoms with Crippen LogP contribution in [0.5, 0.6) is 0 Å². The highest BCUT2D eigenvalue weighted by Crippen LogP contribution is 2.22. The first-order valence-corrected chi connectivity index (χ1v) is 10.5. The van der Waals surface area contributed by atoms with Crippen molar-refractivity contribution in [2.45, 2.75) is 6.92 Å². The van der Waals surface area contributed by atoms with E-state index in [4.69, 9.17) is 23.2 Å². The van der Waals surface area contributed by atoms with Gasteiger partial charge in [0.2, 0.25) is 0 Å². The smallest absolute Gasteiger partial charge is 0.267 e. The van der Waals surface area contributed by atoms with Crippen molar-refractivity contribution in [3.8, 4) is 11.8 Å². The van der Waals surface area contributed by atoms with E-state index < -0.39 is 11.8 Å². The fourth-order valence-electron chi connectivity index (χ4n) is 3.05. The molecule has 8 heteroatoms. The summed E-state index contributed by atoms with van der Waals surface area (Å²) in [6, 6.07) is 14.9. The Kier molecular flexibility index (Phi) is 6.55. The number of hydrazine groups is 1. The second-order valence-electron chi connectivity index (χ2n) is 7.08. The molecule has 0 unspecified atom stereocenters. The molecule has 0 saturated carbocycles. The minimum Gasteiger partial charge on any atom is -0.267 e. The molecule has 2 aromatic carbocycles. The molecule has 2 N–H and O–H groups in total. The number of pyridine rings is 2. The van der Waals surface area contributed by atoms with Gasteiger partial charge in [0.1, 0.15) is 0 Å². The third-order valence-corrected chi connectivity index (χ3v) is 5.37. The van der Waals surface area contributed by atoms with Crippen LogP contribution in [0, 0.1) is 18.8 Å². The average Bonchev–Trinajstić information content (AvgIpc) is 2.81. The van der Waals surface area contributed by atoms with Crippen molar-refractivity contribution in [2.24, 2.45) is 0 Å². The highest BCUT2D eigenvalue weighted by atomic mass is 35.5. The van der Waals surface area contributed by atoms with E-state index in [0.717, 1.165) is 22.0 Å². The van der Waals surface area contributed by atoms with E-state index in [1.807, 2.05) is 37.3 Å². The molecule has 6 nitrogen and oxygen atoms in total. The Morgan fingerprint density at radius 3 is 2.39 bits per heavy atom. The molecule has 0 aliphatic carbocycles. The zero-order valence-corrected chi connectivity index (χ0v) is 18.8. The molecule has 0 aliphatic heterocycles. The lowest BCUT2D eigenvalue weighted by Gasteiger charge is -2.10. The van der Waals surface area contributed by atoms with Gasteiger partial charge in [0.05, 0.1) is 21.1 Å². The molecule has 0 fully saturated rings. The van der Waals surface area contributed by atoms with Gasteiger partial charge in [0, 0.05) is 40.7 Å². The monoisotopic (exact) mass is 474 g/mol. The first kappa shape index (κ1) is 22.3. The molecular formula is C25H16Cl2N4O2. The van der Waals surface area contributed by atoms with E-state index in [9.17, 15) is 9.59 Å². The Balaban J connectivity index is 1.50. The zero-order chi connectivity index (χ0) is 23.4. The fraction of sp³-hybridized carbons (Fsp3) is 0.0400. The lowest BCUT2D eigenvalue weighted by molar-refractivity contribution is 0.0846. The van der Waals surface area contributed by atoms with Crippen molar-refractivity contribution in [3.05, 3.63) is 105 Å². The van der Waals surface area contributed by atoms with Gasteiger partial charge in [-0.2, -0.15) is 0 Å². The third kappa shape index (κ3) is 5.12. The number of fused-ring (bicyclic) bond motifs is 1. The van der Waals surface area contributed by atoms with E-state index >= 15 is 0 Å². The molecule has 2 aromatic heterocycles. The summed E-state index contributed by atoms with van der Waals surface area (Å²) in [5.41, 5.74) is 8.27. The van der Waals surface area contributed by atoms with E-state index in [-0.39, 0.29) is 15.6 Å². The molecule has 0 spiro atoms. The van der Waals surface area contributed by atoms with Crippen molar-refractivity contribution < 1.29 is 9.59 Å². The number of carbonyl (C=O) groups excluding carboxylic acids is 2.